The summed E-state index contributed by atoms with van der Waals surface area (Å²) in [5.74, 6) is 2.90. The van der Waals surface area contributed by atoms with Crippen LogP contribution in [-0.4, -0.2) is 11.2 Å². The van der Waals surface area contributed by atoms with Crippen LogP contribution >= 0.6 is 0 Å². The minimum atomic E-state index is 0.358. The van der Waals surface area contributed by atoms with E-state index in [1.807, 2.05) is 6.92 Å². The zero-order valence-corrected chi connectivity index (χ0v) is 19.3. The average Bonchev–Trinajstić information content (AvgIpc) is 3.79. The lowest BCUT2D eigenvalue weighted by Crippen LogP contribution is -2.19. The Morgan fingerprint density at radius 3 is 2.12 bits per heavy atom. The van der Waals surface area contributed by atoms with Gasteiger partial charge >= 0.3 is 0 Å². The van der Waals surface area contributed by atoms with Crippen LogP contribution in [0.1, 0.15) is 54.8 Å². The second-order valence-corrected chi connectivity index (χ2v) is 9.80. The molecule has 0 amide bonds. The Bertz CT molecular complexity index is 1240. The van der Waals surface area contributed by atoms with Crippen molar-refractivity contribution in [3.05, 3.63) is 95.7 Å². The Labute approximate surface area is 195 Å². The SMILES string of the molecule is Cc1noc(-c2ccc(-c3ccc(C4CC4)cc3)cc2)c1NC(C)[C@@H]1C[C@H]1c1ccccc1. The van der Waals surface area contributed by atoms with Gasteiger partial charge in [-0.25, -0.2) is 0 Å². The predicted molar refractivity (Wildman–Crippen MR) is 134 cm³/mol. The van der Waals surface area contributed by atoms with E-state index in [4.69, 9.17) is 4.52 Å². The molecule has 0 bridgehead atoms. The zero-order chi connectivity index (χ0) is 22.4. The number of hydrogen-bond donors (Lipinski definition) is 1. The van der Waals surface area contributed by atoms with Crippen LogP contribution in [0.25, 0.3) is 22.5 Å². The van der Waals surface area contributed by atoms with Crippen LogP contribution in [-0.2, 0) is 0 Å². The molecule has 0 aliphatic heterocycles. The lowest BCUT2D eigenvalue weighted by molar-refractivity contribution is 0.427. The first-order valence-electron chi connectivity index (χ1n) is 12.2. The Kier molecular flexibility index (Phi) is 5.05. The van der Waals surface area contributed by atoms with Gasteiger partial charge in [-0.1, -0.05) is 84.0 Å². The van der Waals surface area contributed by atoms with Crippen molar-refractivity contribution in [1.29, 1.82) is 0 Å². The molecule has 2 fully saturated rings. The third kappa shape index (κ3) is 4.08. The van der Waals surface area contributed by atoms with Crippen molar-refractivity contribution in [2.75, 3.05) is 5.32 Å². The Morgan fingerprint density at radius 1 is 0.818 bits per heavy atom. The van der Waals surface area contributed by atoms with Gasteiger partial charge in [0.25, 0.3) is 0 Å². The number of nitrogens with zero attached hydrogens (tertiary/aromatic N) is 1. The van der Waals surface area contributed by atoms with Crippen LogP contribution in [0.4, 0.5) is 5.69 Å². The first-order valence-corrected chi connectivity index (χ1v) is 12.2. The van der Waals surface area contributed by atoms with Crippen molar-refractivity contribution in [2.24, 2.45) is 5.92 Å². The molecule has 0 saturated heterocycles. The first kappa shape index (κ1) is 20.3. The van der Waals surface area contributed by atoms with Gasteiger partial charge in [-0.3, -0.25) is 0 Å². The molecule has 0 radical (unpaired) electrons. The van der Waals surface area contributed by atoms with Crippen molar-refractivity contribution >= 4 is 5.69 Å². The standard InChI is InChI=1S/C30H30N2O/c1-19(27-18-28(27)25-6-4-3-5-7-25)31-29-20(2)32-33-30(29)26-16-14-24(15-17-26)23-12-10-22(11-13-23)21-8-9-21/h3-7,10-17,19,21,27-28,31H,8-9,18H2,1-2H3/t19?,27-,28-/m0/s1. The lowest BCUT2D eigenvalue weighted by Gasteiger charge is -2.16. The summed E-state index contributed by atoms with van der Waals surface area (Å²) in [7, 11) is 0. The Morgan fingerprint density at radius 2 is 1.45 bits per heavy atom. The monoisotopic (exact) mass is 434 g/mol. The van der Waals surface area contributed by atoms with Crippen molar-refractivity contribution < 1.29 is 4.52 Å². The van der Waals surface area contributed by atoms with E-state index in [1.165, 1.54) is 41.5 Å². The first-order chi connectivity index (χ1) is 16.2. The molecule has 3 nitrogen and oxygen atoms in total. The normalized spacial score (nSPS) is 20.4. The highest BCUT2D eigenvalue weighted by molar-refractivity contribution is 5.77. The summed E-state index contributed by atoms with van der Waals surface area (Å²) in [6, 6.07) is 28.9. The smallest absolute Gasteiger partial charge is 0.190 e. The van der Waals surface area contributed by atoms with Crippen molar-refractivity contribution in [3.63, 3.8) is 0 Å². The molecular formula is C30H30N2O. The van der Waals surface area contributed by atoms with E-state index < -0.39 is 0 Å². The van der Waals surface area contributed by atoms with Gasteiger partial charge in [-0.05, 0) is 73.1 Å². The Hall–Kier alpha value is -3.33. The van der Waals surface area contributed by atoms with E-state index in [9.17, 15) is 0 Å². The lowest BCUT2D eigenvalue weighted by atomic mass is 10.00. The molecule has 1 unspecified atom stereocenters. The highest BCUT2D eigenvalue weighted by Gasteiger charge is 2.42. The molecule has 1 N–H and O–H groups in total. The van der Waals surface area contributed by atoms with E-state index in [-0.39, 0.29) is 0 Å². The van der Waals surface area contributed by atoms with Crippen LogP contribution in [0.15, 0.2) is 83.4 Å². The largest absolute Gasteiger partial charge is 0.378 e. The number of anilines is 1. The molecule has 6 rings (SSSR count). The molecule has 1 heterocycles. The van der Waals surface area contributed by atoms with Gasteiger partial charge in [-0.2, -0.15) is 0 Å². The predicted octanol–water partition coefficient (Wildman–Crippen LogP) is 7.80. The molecule has 1 aromatic heterocycles. The fourth-order valence-corrected chi connectivity index (χ4v) is 5.10. The van der Waals surface area contributed by atoms with Crippen LogP contribution in [0.5, 0.6) is 0 Å². The molecule has 3 heteroatoms. The van der Waals surface area contributed by atoms with E-state index in [2.05, 4.69) is 96.3 Å². The van der Waals surface area contributed by atoms with Crippen molar-refractivity contribution in [2.45, 2.75) is 51.0 Å². The minimum Gasteiger partial charge on any atom is -0.378 e. The number of nitrogens with one attached hydrogen (secondary N) is 1. The summed E-state index contributed by atoms with van der Waals surface area (Å²) >= 11 is 0. The maximum absolute atomic E-state index is 5.78. The summed E-state index contributed by atoms with van der Waals surface area (Å²) in [5, 5.41) is 8.01. The van der Waals surface area contributed by atoms with E-state index in [0.29, 0.717) is 17.9 Å². The van der Waals surface area contributed by atoms with Crippen LogP contribution in [0.2, 0.25) is 0 Å². The molecule has 3 aromatic carbocycles. The summed E-state index contributed by atoms with van der Waals surface area (Å²) in [6.07, 6.45) is 3.91. The maximum atomic E-state index is 5.78. The number of benzene rings is 3. The van der Waals surface area contributed by atoms with Gasteiger partial charge in [-0.15, -0.1) is 0 Å². The topological polar surface area (TPSA) is 38.1 Å². The number of aryl methyl sites for hydroxylation is 1. The molecule has 2 aliphatic carbocycles. The van der Waals surface area contributed by atoms with E-state index >= 15 is 0 Å². The average molecular weight is 435 g/mol. The molecule has 2 aliphatic rings. The summed E-state index contributed by atoms with van der Waals surface area (Å²) in [6.45, 7) is 4.29. The van der Waals surface area contributed by atoms with Crippen LogP contribution < -0.4 is 5.32 Å². The summed E-state index contributed by atoms with van der Waals surface area (Å²) < 4.78 is 5.78. The number of hydrogen-bond acceptors (Lipinski definition) is 3. The van der Waals surface area contributed by atoms with E-state index in [1.54, 1.807) is 0 Å². The molecule has 2 saturated carbocycles. The van der Waals surface area contributed by atoms with Crippen molar-refractivity contribution in [1.82, 2.24) is 5.16 Å². The van der Waals surface area contributed by atoms with Gasteiger partial charge in [0.1, 0.15) is 11.4 Å². The minimum absolute atomic E-state index is 0.358. The third-order valence-electron chi connectivity index (χ3n) is 7.38. The molecule has 0 spiro atoms. The second kappa shape index (κ2) is 8.22. The molecule has 33 heavy (non-hydrogen) atoms. The van der Waals surface area contributed by atoms with Crippen molar-refractivity contribution in [3.8, 4) is 22.5 Å². The van der Waals surface area contributed by atoms with Crippen LogP contribution in [0, 0.1) is 12.8 Å². The van der Waals surface area contributed by atoms with Gasteiger partial charge in [0, 0.05) is 11.6 Å². The summed E-state index contributed by atoms with van der Waals surface area (Å²) in [4.78, 5) is 0. The molecular weight excluding hydrogens is 404 g/mol. The highest BCUT2D eigenvalue weighted by Crippen LogP contribution is 2.50. The summed E-state index contributed by atoms with van der Waals surface area (Å²) in [5.41, 5.74) is 8.38. The Balaban J connectivity index is 1.18. The quantitative estimate of drug-likeness (QED) is 0.322. The highest BCUT2D eigenvalue weighted by atomic mass is 16.5. The van der Waals surface area contributed by atoms with Gasteiger partial charge in [0.05, 0.1) is 0 Å². The second-order valence-electron chi connectivity index (χ2n) is 9.80. The molecule has 3 atom stereocenters. The molecule has 4 aromatic rings. The fraction of sp³-hybridized carbons (Fsp3) is 0.300. The third-order valence-corrected chi connectivity index (χ3v) is 7.38. The van der Waals surface area contributed by atoms with Crippen LogP contribution in [0.3, 0.4) is 0 Å². The molecule has 166 valence electrons. The van der Waals surface area contributed by atoms with Gasteiger partial charge < -0.3 is 9.84 Å². The number of rotatable bonds is 7. The number of aromatic nitrogens is 1. The maximum Gasteiger partial charge on any atom is 0.190 e. The fourth-order valence-electron chi connectivity index (χ4n) is 5.10. The van der Waals surface area contributed by atoms with E-state index in [0.717, 1.165) is 28.6 Å². The van der Waals surface area contributed by atoms with Gasteiger partial charge in [0.15, 0.2) is 5.76 Å². The zero-order valence-electron chi connectivity index (χ0n) is 19.3. The van der Waals surface area contributed by atoms with Gasteiger partial charge in [0.2, 0.25) is 0 Å².